The highest BCUT2D eigenvalue weighted by atomic mass is 16.5. The van der Waals surface area contributed by atoms with Gasteiger partial charge in [-0.2, -0.15) is 0 Å². The number of hydrogen-bond acceptors (Lipinski definition) is 4. The molecule has 0 saturated carbocycles. The molecule has 75 heavy (non-hydrogen) atoms. The smallest absolute Gasteiger partial charge is 0.137 e. The molecule has 0 N–H and O–H groups in total. The quantitative estimate of drug-likeness (QED) is 0.152. The predicted molar refractivity (Wildman–Crippen MR) is 316 cm³/mol. The number of nitrogens with zero attached hydrogens (tertiary/aromatic N) is 4. The van der Waals surface area contributed by atoms with Gasteiger partial charge in [-0.1, -0.05) is 190 Å². The standard InChI is InChI=1S/C70H68N4O/c1-67(2,3)50-19-15-18-48(40-50)46-28-30-47(31-29-46)55-23-17-24-56(49-32-35-59-60(41-49)70(9,10)38-37-69(59,7)8)66(55)73-45-72(62-26-13-14-27-63(62)73)52-20-16-21-53(43-52)75-54-33-34-58-57-22-11-12-25-61(57)74(64(58)44-54)65-42-51(36-39-71-65)68(4,5)6/h11-36,39-44H,37-38,45H2,1-10H3/i11D,12D,22D,25D,28D,29D,30D,31D. The predicted octanol–water partition coefficient (Wildman–Crippen LogP) is 19.2. The van der Waals surface area contributed by atoms with Crippen LogP contribution in [-0.2, 0) is 21.7 Å². The lowest BCUT2D eigenvalue weighted by atomic mass is 9.63. The van der Waals surface area contributed by atoms with Gasteiger partial charge in [-0.05, 0) is 134 Å². The number of ether oxygens (including phenoxy) is 1. The number of anilines is 4. The molecule has 0 fully saturated rings. The molecule has 8 aromatic carbocycles. The maximum Gasteiger partial charge on any atom is 0.137 e. The van der Waals surface area contributed by atoms with Crippen LogP contribution in [0.5, 0.6) is 11.5 Å². The zero-order chi connectivity index (χ0) is 59.0. The molecule has 374 valence electrons. The summed E-state index contributed by atoms with van der Waals surface area (Å²) < 4.78 is 83.1. The average molecular weight is 989 g/mol. The molecule has 2 aromatic heterocycles. The topological polar surface area (TPSA) is 33.5 Å². The average Bonchev–Trinajstić information content (AvgIpc) is 3.15. The molecule has 5 nitrogen and oxygen atoms in total. The third-order valence-corrected chi connectivity index (χ3v) is 15.7. The zero-order valence-electron chi connectivity index (χ0n) is 52.7. The van der Waals surface area contributed by atoms with Gasteiger partial charge >= 0.3 is 0 Å². The summed E-state index contributed by atoms with van der Waals surface area (Å²) in [6, 6.07) is 45.0. The van der Waals surface area contributed by atoms with Crippen molar-refractivity contribution in [2.24, 2.45) is 0 Å². The molecule has 0 unspecified atom stereocenters. The van der Waals surface area contributed by atoms with Gasteiger partial charge in [0.1, 0.15) is 24.0 Å². The Labute approximate surface area is 455 Å². The number of rotatable bonds is 8. The van der Waals surface area contributed by atoms with Crippen LogP contribution in [-0.4, -0.2) is 16.2 Å². The van der Waals surface area contributed by atoms with Gasteiger partial charge in [0.2, 0.25) is 0 Å². The lowest BCUT2D eigenvalue weighted by molar-refractivity contribution is 0.332. The molecule has 2 aliphatic rings. The van der Waals surface area contributed by atoms with Crippen LogP contribution in [0.4, 0.5) is 22.7 Å². The highest BCUT2D eigenvalue weighted by Gasteiger charge is 2.38. The number of hydrogen-bond donors (Lipinski definition) is 0. The van der Waals surface area contributed by atoms with E-state index >= 15 is 0 Å². The van der Waals surface area contributed by atoms with Crippen molar-refractivity contribution in [1.29, 1.82) is 0 Å². The minimum Gasteiger partial charge on any atom is -0.457 e. The van der Waals surface area contributed by atoms with Crippen LogP contribution in [0.25, 0.3) is 61.0 Å². The molecule has 0 radical (unpaired) electrons. The van der Waals surface area contributed by atoms with E-state index in [1.807, 2.05) is 108 Å². The molecule has 10 aromatic rings. The first-order chi connectivity index (χ1) is 39.2. The van der Waals surface area contributed by atoms with Crippen molar-refractivity contribution in [3.8, 4) is 50.7 Å². The second kappa shape index (κ2) is 17.9. The highest BCUT2D eigenvalue weighted by Crippen LogP contribution is 2.53. The largest absolute Gasteiger partial charge is 0.457 e. The first kappa shape index (κ1) is 39.6. The van der Waals surface area contributed by atoms with Gasteiger partial charge in [-0.3, -0.25) is 4.57 Å². The van der Waals surface area contributed by atoms with Crippen molar-refractivity contribution in [3.05, 3.63) is 216 Å². The maximum absolute atomic E-state index is 9.86. The minimum absolute atomic E-state index is 0.00848. The number of benzene rings is 8. The Kier molecular flexibility index (Phi) is 9.44. The third-order valence-electron chi connectivity index (χ3n) is 15.7. The number of pyridine rings is 1. The van der Waals surface area contributed by atoms with Crippen molar-refractivity contribution < 1.29 is 15.7 Å². The Hall–Kier alpha value is -7.89. The molecule has 1 aliphatic carbocycles. The zero-order valence-corrected chi connectivity index (χ0v) is 44.7. The summed E-state index contributed by atoms with van der Waals surface area (Å²) in [5, 5.41) is 1.04. The number of fused-ring (bicyclic) bond motifs is 5. The van der Waals surface area contributed by atoms with Crippen LogP contribution in [0.15, 0.2) is 194 Å². The van der Waals surface area contributed by atoms with Gasteiger partial charge in [-0.25, -0.2) is 4.98 Å². The lowest BCUT2D eigenvalue weighted by Gasteiger charge is -2.42. The molecule has 0 spiro atoms. The number of aromatic nitrogens is 2. The van der Waals surface area contributed by atoms with E-state index in [0.717, 1.165) is 57.8 Å². The monoisotopic (exact) mass is 989 g/mol. The molecule has 0 bridgehead atoms. The molecule has 5 heteroatoms. The first-order valence-electron chi connectivity index (χ1n) is 30.2. The van der Waals surface area contributed by atoms with Crippen molar-refractivity contribution in [3.63, 3.8) is 0 Å². The maximum atomic E-state index is 9.86. The summed E-state index contributed by atoms with van der Waals surface area (Å²) in [4.78, 5) is 9.24. The van der Waals surface area contributed by atoms with Crippen LogP contribution in [0.1, 0.15) is 115 Å². The molecule has 0 amide bonds. The fourth-order valence-electron chi connectivity index (χ4n) is 11.2. The van der Waals surface area contributed by atoms with E-state index in [1.165, 1.54) is 11.1 Å². The van der Waals surface area contributed by atoms with E-state index in [-0.39, 0.29) is 81.1 Å². The molecular weight excluding hydrogens is 913 g/mol. The van der Waals surface area contributed by atoms with Gasteiger partial charge < -0.3 is 14.5 Å². The van der Waals surface area contributed by atoms with Gasteiger partial charge in [0.05, 0.1) is 39.1 Å². The second-order valence-corrected chi connectivity index (χ2v) is 23.8. The van der Waals surface area contributed by atoms with E-state index in [1.54, 1.807) is 6.20 Å². The van der Waals surface area contributed by atoms with Crippen LogP contribution < -0.4 is 14.5 Å². The Morgan fingerprint density at radius 1 is 0.507 bits per heavy atom. The van der Waals surface area contributed by atoms with Gasteiger partial charge in [-0.15, -0.1) is 0 Å². The Morgan fingerprint density at radius 2 is 1.16 bits per heavy atom. The summed E-state index contributed by atoms with van der Waals surface area (Å²) in [6.07, 6.45) is 3.86. The van der Waals surface area contributed by atoms with Gasteiger partial charge in [0, 0.05) is 45.9 Å². The van der Waals surface area contributed by atoms with Crippen molar-refractivity contribution in [1.82, 2.24) is 9.55 Å². The summed E-state index contributed by atoms with van der Waals surface area (Å²) in [6.45, 7) is 22.3. The van der Waals surface area contributed by atoms with E-state index in [9.17, 15) is 5.48 Å². The molecule has 0 saturated heterocycles. The van der Waals surface area contributed by atoms with E-state index in [0.29, 0.717) is 56.9 Å². The molecule has 12 rings (SSSR count). The van der Waals surface area contributed by atoms with E-state index in [2.05, 4.69) is 115 Å². The van der Waals surface area contributed by atoms with Crippen LogP contribution >= 0.6 is 0 Å². The summed E-state index contributed by atoms with van der Waals surface area (Å²) in [7, 11) is 0. The van der Waals surface area contributed by atoms with E-state index < -0.39 is 0 Å². The van der Waals surface area contributed by atoms with Crippen LogP contribution in [0.3, 0.4) is 0 Å². The Morgan fingerprint density at radius 3 is 1.92 bits per heavy atom. The Balaban J connectivity index is 0.992. The van der Waals surface area contributed by atoms with Gasteiger partial charge in [0.15, 0.2) is 0 Å². The SMILES string of the molecule is [2H]c1c([2H])c(-c2cccc(-c3ccc4c(c3)C(C)(C)CCC4(C)C)c2N2CN(c3cccc(Oc4ccc5c6c([2H])c([2H])c([2H])c([2H])c6n(-c6cc(C(C)(C)C)ccn6)c5c4)c3)c3ccccc32)c([2H])c([2H])c1-c1cccc(C(C)(C)C)c1. The Bertz CT molecular complexity index is 4290. The second-order valence-electron chi connectivity index (χ2n) is 23.8. The van der Waals surface area contributed by atoms with E-state index in [4.69, 9.17) is 15.2 Å². The highest BCUT2D eigenvalue weighted by molar-refractivity contribution is 6.09. The lowest BCUT2D eigenvalue weighted by Crippen LogP contribution is -2.33. The molecular formula is C70H68N4O. The van der Waals surface area contributed by atoms with Gasteiger partial charge in [0.25, 0.3) is 0 Å². The number of para-hydroxylation sites is 4. The fraction of sp³-hybridized carbons (Fsp3) is 0.243. The third kappa shape index (κ3) is 8.66. The molecule has 3 heterocycles. The first-order valence-corrected chi connectivity index (χ1v) is 26.2. The van der Waals surface area contributed by atoms with Crippen molar-refractivity contribution in [2.75, 3.05) is 16.5 Å². The van der Waals surface area contributed by atoms with Crippen molar-refractivity contribution in [2.45, 2.75) is 104 Å². The summed E-state index contributed by atoms with van der Waals surface area (Å²) >= 11 is 0. The molecule has 1 aliphatic heterocycles. The molecule has 0 atom stereocenters. The normalized spacial score (nSPS) is 16.6. The van der Waals surface area contributed by atoms with Crippen molar-refractivity contribution >= 4 is 44.6 Å². The van der Waals surface area contributed by atoms with Crippen LogP contribution in [0.2, 0.25) is 0 Å². The summed E-state index contributed by atoms with van der Waals surface area (Å²) in [5.74, 6) is 1.57. The fourth-order valence-corrected chi connectivity index (χ4v) is 11.2. The van der Waals surface area contributed by atoms with Crippen LogP contribution in [0, 0.1) is 0 Å². The minimum atomic E-state index is -0.321. The summed E-state index contributed by atoms with van der Waals surface area (Å²) in [5.41, 5.74) is 12.2.